The van der Waals surface area contributed by atoms with Crippen LogP contribution in [-0.2, 0) is 4.74 Å². The molecule has 0 saturated carbocycles. The van der Waals surface area contributed by atoms with E-state index in [1.807, 2.05) is 36.4 Å². The molecule has 0 bridgehead atoms. The van der Waals surface area contributed by atoms with Gasteiger partial charge in [0, 0.05) is 23.9 Å². The van der Waals surface area contributed by atoms with Crippen LogP contribution in [0.15, 0.2) is 63.4 Å². The zero-order valence-electron chi connectivity index (χ0n) is 15.5. The highest BCUT2D eigenvalue weighted by atomic mass is 16.5. The number of carbonyl (C=O) groups excluding carboxylic acids is 2. The molecule has 29 heavy (non-hydrogen) atoms. The number of para-hydroxylation sites is 2. The van der Waals surface area contributed by atoms with E-state index >= 15 is 0 Å². The third kappa shape index (κ3) is 3.15. The second-order valence-corrected chi connectivity index (χ2v) is 6.81. The van der Waals surface area contributed by atoms with Crippen molar-refractivity contribution < 1.29 is 23.2 Å². The number of morpholine rings is 1. The molecule has 1 fully saturated rings. The molecule has 1 saturated heterocycles. The van der Waals surface area contributed by atoms with E-state index in [-0.39, 0.29) is 17.4 Å². The smallest absolute Gasteiger partial charge is 0.291 e. The van der Waals surface area contributed by atoms with Gasteiger partial charge in [-0.3, -0.25) is 9.59 Å². The van der Waals surface area contributed by atoms with Crippen LogP contribution >= 0.6 is 0 Å². The molecule has 4 aromatic rings. The van der Waals surface area contributed by atoms with Gasteiger partial charge in [-0.1, -0.05) is 30.3 Å². The number of benzene rings is 2. The van der Waals surface area contributed by atoms with Gasteiger partial charge in [0.05, 0.1) is 13.2 Å². The highest BCUT2D eigenvalue weighted by Crippen LogP contribution is 2.32. The van der Waals surface area contributed by atoms with E-state index in [0.717, 1.165) is 5.39 Å². The Morgan fingerprint density at radius 2 is 1.62 bits per heavy atom. The minimum Gasteiger partial charge on any atom is -0.451 e. The maximum Gasteiger partial charge on any atom is 0.291 e. The largest absolute Gasteiger partial charge is 0.451 e. The molecule has 2 aromatic heterocycles. The SMILES string of the molecule is O=C(Nc1c(C(=O)N2CCOCC2)oc2ccccc12)c1cc2ccccc2o1. The van der Waals surface area contributed by atoms with E-state index in [4.69, 9.17) is 13.6 Å². The Hall–Kier alpha value is -3.58. The number of hydrogen-bond acceptors (Lipinski definition) is 5. The average Bonchev–Trinajstić information content (AvgIpc) is 3.36. The van der Waals surface area contributed by atoms with Gasteiger partial charge in [-0.2, -0.15) is 0 Å². The number of fused-ring (bicyclic) bond motifs is 2. The lowest BCUT2D eigenvalue weighted by molar-refractivity contribution is 0.0285. The van der Waals surface area contributed by atoms with Crippen molar-refractivity contribution in [1.29, 1.82) is 0 Å². The van der Waals surface area contributed by atoms with Gasteiger partial charge in [-0.25, -0.2) is 0 Å². The fourth-order valence-electron chi connectivity index (χ4n) is 3.50. The van der Waals surface area contributed by atoms with Crippen molar-refractivity contribution in [3.8, 4) is 0 Å². The summed E-state index contributed by atoms with van der Waals surface area (Å²) in [6.45, 7) is 1.92. The Bertz CT molecular complexity index is 1180. The predicted octanol–water partition coefficient (Wildman–Crippen LogP) is 3.90. The lowest BCUT2D eigenvalue weighted by Crippen LogP contribution is -2.40. The summed E-state index contributed by atoms with van der Waals surface area (Å²) in [5, 5.41) is 4.32. The number of nitrogens with one attached hydrogen (secondary N) is 1. The molecule has 0 spiro atoms. The Labute approximate surface area is 165 Å². The van der Waals surface area contributed by atoms with E-state index in [9.17, 15) is 9.59 Å². The molecule has 1 aliphatic heterocycles. The van der Waals surface area contributed by atoms with Gasteiger partial charge in [-0.15, -0.1) is 0 Å². The number of carbonyl (C=O) groups is 2. The number of rotatable bonds is 3. The number of nitrogens with zero attached hydrogens (tertiary/aromatic N) is 1. The third-order valence-electron chi connectivity index (χ3n) is 4.98. The summed E-state index contributed by atoms with van der Waals surface area (Å²) in [5.41, 5.74) is 1.51. The van der Waals surface area contributed by atoms with Gasteiger partial charge in [0.2, 0.25) is 5.76 Å². The molecule has 7 heteroatoms. The predicted molar refractivity (Wildman–Crippen MR) is 107 cm³/mol. The van der Waals surface area contributed by atoms with Crippen LogP contribution in [0.5, 0.6) is 0 Å². The summed E-state index contributed by atoms with van der Waals surface area (Å²) < 4.78 is 16.8. The van der Waals surface area contributed by atoms with Crippen LogP contribution in [0.2, 0.25) is 0 Å². The zero-order chi connectivity index (χ0) is 19.8. The van der Waals surface area contributed by atoms with Crippen LogP contribution < -0.4 is 5.32 Å². The summed E-state index contributed by atoms with van der Waals surface area (Å²) in [6, 6.07) is 16.3. The van der Waals surface area contributed by atoms with Crippen LogP contribution in [0.4, 0.5) is 5.69 Å². The van der Waals surface area contributed by atoms with Crippen LogP contribution in [0.25, 0.3) is 21.9 Å². The molecule has 1 N–H and O–H groups in total. The third-order valence-corrected chi connectivity index (χ3v) is 4.98. The van der Waals surface area contributed by atoms with Gasteiger partial charge in [0.15, 0.2) is 5.76 Å². The normalized spacial score (nSPS) is 14.4. The Balaban J connectivity index is 1.52. The van der Waals surface area contributed by atoms with E-state index in [1.54, 1.807) is 23.1 Å². The number of ether oxygens (including phenoxy) is 1. The van der Waals surface area contributed by atoms with Crippen molar-refractivity contribution in [2.75, 3.05) is 31.6 Å². The van der Waals surface area contributed by atoms with Gasteiger partial charge in [0.1, 0.15) is 16.9 Å². The average molecular weight is 390 g/mol. The second-order valence-electron chi connectivity index (χ2n) is 6.81. The number of furan rings is 2. The molecule has 146 valence electrons. The second kappa shape index (κ2) is 7.10. The topological polar surface area (TPSA) is 84.9 Å². The van der Waals surface area contributed by atoms with E-state index in [1.165, 1.54) is 0 Å². The van der Waals surface area contributed by atoms with Crippen molar-refractivity contribution in [3.63, 3.8) is 0 Å². The molecular formula is C22H18N2O5. The zero-order valence-corrected chi connectivity index (χ0v) is 15.5. The molecule has 7 nitrogen and oxygen atoms in total. The van der Waals surface area contributed by atoms with Crippen molar-refractivity contribution in [3.05, 3.63) is 66.1 Å². The fourth-order valence-corrected chi connectivity index (χ4v) is 3.50. The fraction of sp³-hybridized carbons (Fsp3) is 0.182. The molecule has 0 aliphatic carbocycles. The Morgan fingerprint density at radius 3 is 2.41 bits per heavy atom. The van der Waals surface area contributed by atoms with Gasteiger partial charge < -0.3 is 23.8 Å². The first-order valence-electron chi connectivity index (χ1n) is 9.39. The maximum atomic E-state index is 13.1. The maximum absolute atomic E-state index is 13.1. The molecule has 2 amide bonds. The lowest BCUT2D eigenvalue weighted by atomic mass is 10.2. The van der Waals surface area contributed by atoms with Gasteiger partial charge in [0.25, 0.3) is 11.8 Å². The van der Waals surface area contributed by atoms with E-state index < -0.39 is 5.91 Å². The van der Waals surface area contributed by atoms with Crippen LogP contribution in [0.1, 0.15) is 21.1 Å². The van der Waals surface area contributed by atoms with E-state index in [0.29, 0.717) is 48.5 Å². The highest BCUT2D eigenvalue weighted by molar-refractivity contribution is 6.14. The molecule has 2 aromatic carbocycles. The first-order chi connectivity index (χ1) is 14.2. The quantitative estimate of drug-likeness (QED) is 0.573. The van der Waals surface area contributed by atoms with Crippen molar-refractivity contribution >= 4 is 39.4 Å². The van der Waals surface area contributed by atoms with Gasteiger partial charge in [-0.05, 0) is 24.3 Å². The number of amides is 2. The first kappa shape index (κ1) is 17.5. The summed E-state index contributed by atoms with van der Waals surface area (Å²) in [4.78, 5) is 27.6. The number of hydrogen-bond donors (Lipinski definition) is 1. The molecule has 0 unspecified atom stereocenters. The van der Waals surface area contributed by atoms with Crippen LogP contribution in [0.3, 0.4) is 0 Å². The minimum absolute atomic E-state index is 0.109. The molecule has 5 rings (SSSR count). The lowest BCUT2D eigenvalue weighted by Gasteiger charge is -2.26. The monoisotopic (exact) mass is 390 g/mol. The molecule has 0 atom stereocenters. The van der Waals surface area contributed by atoms with Crippen molar-refractivity contribution in [1.82, 2.24) is 4.90 Å². The molecule has 0 radical (unpaired) electrons. The van der Waals surface area contributed by atoms with Gasteiger partial charge >= 0.3 is 0 Å². The Kier molecular flexibility index (Phi) is 4.29. The molecule has 1 aliphatic rings. The molecule has 3 heterocycles. The molecular weight excluding hydrogens is 372 g/mol. The first-order valence-corrected chi connectivity index (χ1v) is 9.39. The highest BCUT2D eigenvalue weighted by Gasteiger charge is 2.28. The van der Waals surface area contributed by atoms with Crippen LogP contribution in [-0.4, -0.2) is 43.0 Å². The van der Waals surface area contributed by atoms with E-state index in [2.05, 4.69) is 5.32 Å². The Morgan fingerprint density at radius 1 is 0.897 bits per heavy atom. The standard InChI is InChI=1S/C22H18N2O5/c25-21(18-13-14-5-1-3-7-16(14)28-18)23-19-15-6-2-4-8-17(15)29-20(19)22(26)24-9-11-27-12-10-24/h1-8,13H,9-12H2,(H,23,25). The number of anilines is 1. The van der Waals surface area contributed by atoms with Crippen molar-refractivity contribution in [2.45, 2.75) is 0 Å². The summed E-state index contributed by atoms with van der Waals surface area (Å²) in [7, 11) is 0. The summed E-state index contributed by atoms with van der Waals surface area (Å²) >= 11 is 0. The minimum atomic E-state index is -0.441. The summed E-state index contributed by atoms with van der Waals surface area (Å²) in [6.07, 6.45) is 0. The van der Waals surface area contributed by atoms with Crippen molar-refractivity contribution in [2.24, 2.45) is 0 Å². The summed E-state index contributed by atoms with van der Waals surface area (Å²) in [5.74, 6) is -0.438. The van der Waals surface area contributed by atoms with Crippen LogP contribution in [0, 0.1) is 0 Å².